The quantitative estimate of drug-likeness (QED) is 0.791. The Hall–Kier alpha value is -1.19. The molecule has 0 aliphatic heterocycles. The Balaban J connectivity index is 1.77. The Kier molecular flexibility index (Phi) is 4.90. The second kappa shape index (κ2) is 6.66. The van der Waals surface area contributed by atoms with Crippen molar-refractivity contribution in [2.75, 3.05) is 20.1 Å². The Bertz CT molecular complexity index is 439. The normalized spacial score (nSPS) is 12.8. The first-order chi connectivity index (χ1) is 8.75. The molecule has 96 valence electrons. The van der Waals surface area contributed by atoms with E-state index in [4.69, 9.17) is 0 Å². The molecule has 2 rings (SSSR count). The molecule has 0 fully saturated rings. The molecule has 1 heterocycles. The minimum atomic E-state index is 0.519. The van der Waals surface area contributed by atoms with E-state index in [9.17, 15) is 0 Å². The first kappa shape index (κ1) is 13.2. The van der Waals surface area contributed by atoms with Gasteiger partial charge in [-0.3, -0.25) is 0 Å². The number of benzene rings is 1. The van der Waals surface area contributed by atoms with Gasteiger partial charge in [-0.05, 0) is 19.0 Å². The summed E-state index contributed by atoms with van der Waals surface area (Å²) in [6.45, 7) is 4.41. The van der Waals surface area contributed by atoms with Gasteiger partial charge in [0.15, 0.2) is 0 Å². The highest BCUT2D eigenvalue weighted by Gasteiger charge is 2.10. The van der Waals surface area contributed by atoms with E-state index in [0.717, 1.165) is 19.5 Å². The van der Waals surface area contributed by atoms with Crippen molar-refractivity contribution in [1.82, 2.24) is 9.88 Å². The maximum atomic E-state index is 4.38. The molecule has 0 aliphatic rings. The van der Waals surface area contributed by atoms with Gasteiger partial charge in [0.05, 0.1) is 5.01 Å². The van der Waals surface area contributed by atoms with Crippen LogP contribution in [0.15, 0.2) is 41.9 Å². The monoisotopic (exact) mass is 260 g/mol. The Morgan fingerprint density at radius 1 is 1.28 bits per heavy atom. The van der Waals surface area contributed by atoms with Gasteiger partial charge in [0.2, 0.25) is 0 Å². The third kappa shape index (κ3) is 3.93. The van der Waals surface area contributed by atoms with Crippen molar-refractivity contribution < 1.29 is 0 Å². The fourth-order valence-corrected chi connectivity index (χ4v) is 2.77. The molecule has 0 saturated heterocycles. The van der Waals surface area contributed by atoms with Crippen LogP contribution >= 0.6 is 11.3 Å². The Morgan fingerprint density at radius 2 is 2.06 bits per heavy atom. The zero-order chi connectivity index (χ0) is 12.8. The maximum absolute atomic E-state index is 4.38. The molecule has 0 amide bonds. The summed E-state index contributed by atoms with van der Waals surface area (Å²) < 4.78 is 0. The maximum Gasteiger partial charge on any atom is 0.0965 e. The Labute approximate surface area is 113 Å². The van der Waals surface area contributed by atoms with Gasteiger partial charge in [0, 0.05) is 30.6 Å². The van der Waals surface area contributed by atoms with Crippen LogP contribution < -0.4 is 0 Å². The molecule has 1 unspecified atom stereocenters. The average molecular weight is 260 g/mol. The number of hydrogen-bond donors (Lipinski definition) is 0. The minimum Gasteiger partial charge on any atom is -0.305 e. The van der Waals surface area contributed by atoms with Crippen LogP contribution in [0, 0.1) is 0 Å². The second-order valence-electron chi connectivity index (χ2n) is 4.77. The highest BCUT2D eigenvalue weighted by atomic mass is 32.1. The number of thiazole rings is 1. The summed E-state index contributed by atoms with van der Waals surface area (Å²) in [4.78, 5) is 6.77. The van der Waals surface area contributed by atoms with E-state index in [0.29, 0.717) is 5.92 Å². The molecule has 1 atom stereocenters. The highest BCUT2D eigenvalue weighted by molar-refractivity contribution is 7.09. The van der Waals surface area contributed by atoms with Crippen molar-refractivity contribution in [3.05, 3.63) is 52.5 Å². The Morgan fingerprint density at radius 3 is 2.72 bits per heavy atom. The molecule has 2 nitrogen and oxygen atoms in total. The number of aromatic nitrogens is 1. The third-order valence-electron chi connectivity index (χ3n) is 3.08. The largest absolute Gasteiger partial charge is 0.305 e. The van der Waals surface area contributed by atoms with E-state index in [1.54, 1.807) is 11.3 Å². The van der Waals surface area contributed by atoms with Crippen LogP contribution in [0.25, 0.3) is 0 Å². The molecule has 2 aromatic rings. The van der Waals surface area contributed by atoms with Crippen molar-refractivity contribution in [3.63, 3.8) is 0 Å². The average Bonchev–Trinajstić information content (AvgIpc) is 2.91. The zero-order valence-corrected chi connectivity index (χ0v) is 11.9. The van der Waals surface area contributed by atoms with Gasteiger partial charge in [-0.1, -0.05) is 37.3 Å². The van der Waals surface area contributed by atoms with Gasteiger partial charge in [0.1, 0.15) is 0 Å². The molecule has 0 N–H and O–H groups in total. The standard InChI is InChI=1S/C15H20N2S/c1-13(15-16-9-11-18-15)12-17(2)10-8-14-6-4-3-5-7-14/h3-7,9,11,13H,8,10,12H2,1-2H3. The number of nitrogens with zero attached hydrogens (tertiary/aromatic N) is 2. The smallest absolute Gasteiger partial charge is 0.0965 e. The van der Waals surface area contributed by atoms with Crippen molar-refractivity contribution in [2.24, 2.45) is 0 Å². The molecule has 3 heteroatoms. The van der Waals surface area contributed by atoms with Crippen molar-refractivity contribution in [3.8, 4) is 0 Å². The molecular weight excluding hydrogens is 240 g/mol. The molecule has 1 aromatic heterocycles. The summed E-state index contributed by atoms with van der Waals surface area (Å²) in [6.07, 6.45) is 3.00. The lowest BCUT2D eigenvalue weighted by atomic mass is 10.1. The van der Waals surface area contributed by atoms with Crippen LogP contribution in [0.3, 0.4) is 0 Å². The molecule has 0 radical (unpaired) electrons. The first-order valence-corrected chi connectivity index (χ1v) is 7.25. The fraction of sp³-hybridized carbons (Fsp3) is 0.400. The van der Waals surface area contributed by atoms with E-state index >= 15 is 0 Å². The van der Waals surface area contributed by atoms with E-state index in [2.05, 4.69) is 59.6 Å². The van der Waals surface area contributed by atoms with Gasteiger partial charge in [-0.25, -0.2) is 4.98 Å². The molecule has 1 aromatic carbocycles. The fourth-order valence-electron chi connectivity index (χ4n) is 2.08. The number of likely N-dealkylation sites (N-methyl/N-ethyl adjacent to an activating group) is 1. The second-order valence-corrected chi connectivity index (χ2v) is 5.70. The van der Waals surface area contributed by atoms with Gasteiger partial charge < -0.3 is 4.90 Å². The lowest BCUT2D eigenvalue weighted by Crippen LogP contribution is -2.25. The predicted molar refractivity (Wildman–Crippen MR) is 78.2 cm³/mol. The number of hydrogen-bond acceptors (Lipinski definition) is 3. The SMILES string of the molecule is CC(CN(C)CCc1ccccc1)c1nccs1. The summed E-state index contributed by atoms with van der Waals surface area (Å²) in [5.74, 6) is 0.519. The third-order valence-corrected chi connectivity index (χ3v) is 4.09. The van der Waals surface area contributed by atoms with Gasteiger partial charge in [0.25, 0.3) is 0 Å². The van der Waals surface area contributed by atoms with Crippen LogP contribution in [-0.4, -0.2) is 30.0 Å². The molecular formula is C15H20N2S. The predicted octanol–water partition coefficient (Wildman–Crippen LogP) is 3.42. The minimum absolute atomic E-state index is 0.519. The van der Waals surface area contributed by atoms with Gasteiger partial charge in [-0.2, -0.15) is 0 Å². The molecule has 0 saturated carbocycles. The topological polar surface area (TPSA) is 16.1 Å². The molecule has 0 bridgehead atoms. The van der Waals surface area contributed by atoms with Gasteiger partial charge in [-0.15, -0.1) is 11.3 Å². The first-order valence-electron chi connectivity index (χ1n) is 6.37. The van der Waals surface area contributed by atoms with Crippen molar-refractivity contribution in [2.45, 2.75) is 19.3 Å². The van der Waals surface area contributed by atoms with Crippen LogP contribution in [0.4, 0.5) is 0 Å². The summed E-state index contributed by atoms with van der Waals surface area (Å²) in [5, 5.41) is 3.29. The molecule has 18 heavy (non-hydrogen) atoms. The lowest BCUT2D eigenvalue weighted by molar-refractivity contribution is 0.320. The van der Waals surface area contributed by atoms with Crippen LogP contribution in [-0.2, 0) is 6.42 Å². The summed E-state index contributed by atoms with van der Waals surface area (Å²) in [5.41, 5.74) is 1.41. The van der Waals surface area contributed by atoms with Crippen LogP contribution in [0.1, 0.15) is 23.4 Å². The summed E-state index contributed by atoms with van der Waals surface area (Å²) in [7, 11) is 2.19. The number of rotatable bonds is 6. The van der Waals surface area contributed by atoms with Crippen molar-refractivity contribution in [1.29, 1.82) is 0 Å². The van der Waals surface area contributed by atoms with Crippen LogP contribution in [0.5, 0.6) is 0 Å². The van der Waals surface area contributed by atoms with E-state index in [1.165, 1.54) is 10.6 Å². The van der Waals surface area contributed by atoms with E-state index in [1.807, 2.05) is 6.20 Å². The lowest BCUT2D eigenvalue weighted by Gasteiger charge is -2.20. The highest BCUT2D eigenvalue weighted by Crippen LogP contribution is 2.18. The van der Waals surface area contributed by atoms with Gasteiger partial charge >= 0.3 is 0 Å². The van der Waals surface area contributed by atoms with Crippen LogP contribution in [0.2, 0.25) is 0 Å². The summed E-state index contributed by atoms with van der Waals surface area (Å²) in [6, 6.07) is 10.7. The van der Waals surface area contributed by atoms with E-state index < -0.39 is 0 Å². The molecule has 0 spiro atoms. The zero-order valence-electron chi connectivity index (χ0n) is 11.0. The van der Waals surface area contributed by atoms with Crippen molar-refractivity contribution >= 4 is 11.3 Å². The summed E-state index contributed by atoms with van der Waals surface area (Å²) >= 11 is 1.75. The van der Waals surface area contributed by atoms with E-state index in [-0.39, 0.29) is 0 Å². The molecule has 0 aliphatic carbocycles.